The monoisotopic (exact) mass is 706 g/mol. The molecule has 0 amide bonds. The van der Waals surface area contributed by atoms with Crippen LogP contribution in [0.4, 0.5) is 0 Å². The fraction of sp³-hybridized carbons (Fsp3) is 0.979. The van der Waals surface area contributed by atoms with Gasteiger partial charge in [-0.2, -0.15) is 0 Å². The van der Waals surface area contributed by atoms with E-state index in [0.29, 0.717) is 0 Å². The third-order valence-electron chi connectivity index (χ3n) is 11.9. The lowest BCUT2D eigenvalue weighted by Crippen LogP contribution is -2.50. The number of aliphatic carboxylic acids is 1. The maximum Gasteiger partial charge on any atom is 0.0786 e. The van der Waals surface area contributed by atoms with Crippen LogP contribution in [0.5, 0.6) is 0 Å². The number of carbonyl (C=O) groups excluding carboxylic acids is 1. The molecule has 0 saturated heterocycles. The molecule has 1 rings (SSSR count). The van der Waals surface area contributed by atoms with Gasteiger partial charge in [-0.25, -0.2) is 0 Å². The number of carboxylic acids is 1. The van der Waals surface area contributed by atoms with Crippen molar-refractivity contribution in [3.8, 4) is 0 Å². The second kappa shape index (κ2) is 39.6. The highest BCUT2D eigenvalue weighted by molar-refractivity contribution is 5.67. The molecular weight excluding hydrogens is 611 g/mol. The summed E-state index contributed by atoms with van der Waals surface area (Å²) in [7, 11) is 0. The van der Waals surface area contributed by atoms with E-state index in [-0.39, 0.29) is 5.92 Å². The molecule has 0 radical (unpaired) electrons. The SMILES string of the molecule is CCCCCCCCCC[N+](CCCCCCCCCC)(CCCCCCCCCC)CCCCCCCCCC.O=C([O-])C1CCCCC1. The van der Waals surface area contributed by atoms with Gasteiger partial charge in [0.05, 0.1) is 26.2 Å². The van der Waals surface area contributed by atoms with Gasteiger partial charge in [0.2, 0.25) is 0 Å². The lowest BCUT2D eigenvalue weighted by atomic mass is 9.90. The Bertz CT molecular complexity index is 572. The van der Waals surface area contributed by atoms with Gasteiger partial charge in [0.25, 0.3) is 0 Å². The van der Waals surface area contributed by atoms with Crippen LogP contribution in [0.25, 0.3) is 0 Å². The maximum absolute atomic E-state index is 10.2. The van der Waals surface area contributed by atoms with Crippen LogP contribution >= 0.6 is 0 Å². The minimum Gasteiger partial charge on any atom is -0.550 e. The summed E-state index contributed by atoms with van der Waals surface area (Å²) in [6, 6.07) is 0. The zero-order valence-electron chi connectivity index (χ0n) is 35.3. The summed E-state index contributed by atoms with van der Waals surface area (Å²) in [6.45, 7) is 15.3. The second-order valence-corrected chi connectivity index (χ2v) is 16.8. The van der Waals surface area contributed by atoms with Gasteiger partial charge in [-0.3, -0.25) is 0 Å². The van der Waals surface area contributed by atoms with Gasteiger partial charge in [0.15, 0.2) is 0 Å². The van der Waals surface area contributed by atoms with Crippen LogP contribution in [-0.2, 0) is 4.79 Å². The number of hydrogen-bond acceptors (Lipinski definition) is 2. The summed E-state index contributed by atoms with van der Waals surface area (Å²) < 4.78 is 1.48. The number of nitrogens with zero attached hydrogens (tertiary/aromatic N) is 1. The average Bonchev–Trinajstić information content (AvgIpc) is 3.13. The van der Waals surface area contributed by atoms with Crippen molar-refractivity contribution in [2.24, 2.45) is 5.92 Å². The third kappa shape index (κ3) is 33.3. The van der Waals surface area contributed by atoms with Gasteiger partial charge < -0.3 is 14.4 Å². The van der Waals surface area contributed by atoms with Crippen molar-refractivity contribution in [1.82, 2.24) is 0 Å². The van der Waals surface area contributed by atoms with Gasteiger partial charge in [0, 0.05) is 5.97 Å². The van der Waals surface area contributed by atoms with Crippen LogP contribution in [0.1, 0.15) is 265 Å². The molecule has 3 heteroatoms. The highest BCUT2D eigenvalue weighted by Crippen LogP contribution is 2.23. The fourth-order valence-corrected chi connectivity index (χ4v) is 8.33. The van der Waals surface area contributed by atoms with Gasteiger partial charge in [-0.15, -0.1) is 0 Å². The molecule has 3 nitrogen and oxygen atoms in total. The Balaban J connectivity index is 0.00000229. The lowest BCUT2D eigenvalue weighted by Gasteiger charge is -2.40. The van der Waals surface area contributed by atoms with E-state index in [1.54, 1.807) is 0 Å². The zero-order valence-corrected chi connectivity index (χ0v) is 35.3. The quantitative estimate of drug-likeness (QED) is 0.0477. The molecule has 300 valence electrons. The number of quaternary nitrogens is 1. The molecule has 1 fully saturated rings. The first-order chi connectivity index (χ1) is 24.5. The maximum atomic E-state index is 10.2. The third-order valence-corrected chi connectivity index (χ3v) is 11.9. The molecule has 0 heterocycles. The van der Waals surface area contributed by atoms with Crippen molar-refractivity contribution in [3.63, 3.8) is 0 Å². The number of rotatable bonds is 37. The predicted molar refractivity (Wildman–Crippen MR) is 222 cm³/mol. The van der Waals surface area contributed by atoms with Gasteiger partial charge in [-0.05, 0) is 70.1 Å². The molecule has 0 spiro atoms. The molecule has 1 saturated carbocycles. The van der Waals surface area contributed by atoms with Gasteiger partial charge in [-0.1, -0.05) is 201 Å². The Morgan fingerprint density at radius 1 is 0.380 bits per heavy atom. The molecule has 1 aliphatic carbocycles. The predicted octanol–water partition coefficient (Wildman–Crippen LogP) is 14.7. The molecule has 0 N–H and O–H groups in total. The molecule has 0 aromatic carbocycles. The number of carboxylic acid groups (broad SMARTS) is 1. The normalized spacial score (nSPS) is 13.8. The van der Waals surface area contributed by atoms with Crippen molar-refractivity contribution in [3.05, 3.63) is 0 Å². The largest absolute Gasteiger partial charge is 0.550 e. The molecule has 0 aromatic heterocycles. The van der Waals surface area contributed by atoms with Crippen LogP contribution < -0.4 is 5.11 Å². The first kappa shape index (κ1) is 49.4. The van der Waals surface area contributed by atoms with E-state index >= 15 is 0 Å². The number of hydrogen-bond donors (Lipinski definition) is 0. The molecule has 0 aromatic rings. The van der Waals surface area contributed by atoms with E-state index in [4.69, 9.17) is 0 Å². The smallest absolute Gasteiger partial charge is 0.0786 e. The van der Waals surface area contributed by atoms with E-state index in [2.05, 4.69) is 27.7 Å². The van der Waals surface area contributed by atoms with Crippen molar-refractivity contribution >= 4 is 5.97 Å². The summed E-state index contributed by atoms with van der Waals surface area (Å²) in [4.78, 5) is 10.2. The Morgan fingerprint density at radius 2 is 0.600 bits per heavy atom. The minimum absolute atomic E-state index is 0.140. The standard InChI is InChI=1S/C40H84N.C7H12O2/c1-5-9-13-17-21-25-29-33-37-41(38-34-30-26-22-18-14-10-6-2,39-35-31-27-23-19-15-11-7-3)40-36-32-28-24-20-16-12-8-4;8-7(9)6-4-2-1-3-5-6/h5-40H2,1-4H3;6H,1-5H2,(H,8,9)/q+1;/p-1. The molecule has 0 atom stereocenters. The van der Waals surface area contributed by atoms with Crippen molar-refractivity contribution in [2.75, 3.05) is 26.2 Å². The van der Waals surface area contributed by atoms with Crippen LogP contribution in [0.3, 0.4) is 0 Å². The Morgan fingerprint density at radius 3 is 0.800 bits per heavy atom. The number of unbranched alkanes of at least 4 members (excludes halogenated alkanes) is 28. The van der Waals surface area contributed by atoms with Crippen LogP contribution in [-0.4, -0.2) is 36.6 Å². The average molecular weight is 706 g/mol. The summed E-state index contributed by atoms with van der Waals surface area (Å²) in [5, 5.41) is 10.2. The Labute approximate surface area is 316 Å². The minimum atomic E-state index is -0.852. The van der Waals surface area contributed by atoms with Gasteiger partial charge in [0.1, 0.15) is 0 Å². The summed E-state index contributed by atoms with van der Waals surface area (Å²) in [5.41, 5.74) is 0. The van der Waals surface area contributed by atoms with Crippen molar-refractivity contribution in [1.29, 1.82) is 0 Å². The topological polar surface area (TPSA) is 40.1 Å². The van der Waals surface area contributed by atoms with Crippen LogP contribution in [0.2, 0.25) is 0 Å². The molecular formula is C47H95NO2. The first-order valence-corrected chi connectivity index (χ1v) is 23.6. The van der Waals surface area contributed by atoms with E-state index in [1.165, 1.54) is 243 Å². The Kier molecular flexibility index (Phi) is 39.2. The molecule has 1 aliphatic rings. The van der Waals surface area contributed by atoms with Gasteiger partial charge >= 0.3 is 0 Å². The molecule has 0 aliphatic heterocycles. The van der Waals surface area contributed by atoms with Crippen molar-refractivity contribution in [2.45, 2.75) is 265 Å². The zero-order chi connectivity index (χ0) is 36.6. The van der Waals surface area contributed by atoms with Crippen molar-refractivity contribution < 1.29 is 14.4 Å². The van der Waals surface area contributed by atoms with Crippen LogP contribution in [0.15, 0.2) is 0 Å². The first-order valence-electron chi connectivity index (χ1n) is 23.6. The second-order valence-electron chi connectivity index (χ2n) is 16.8. The number of carbonyl (C=O) groups is 1. The molecule has 0 unspecified atom stereocenters. The highest BCUT2D eigenvalue weighted by atomic mass is 16.4. The fourth-order valence-electron chi connectivity index (χ4n) is 8.33. The lowest BCUT2D eigenvalue weighted by molar-refractivity contribution is -0.929. The molecule has 0 bridgehead atoms. The van der Waals surface area contributed by atoms with E-state index < -0.39 is 5.97 Å². The summed E-state index contributed by atoms with van der Waals surface area (Å²) in [6.07, 6.45) is 51.7. The summed E-state index contributed by atoms with van der Waals surface area (Å²) in [5.74, 6) is -0.992. The molecule has 50 heavy (non-hydrogen) atoms. The Hall–Kier alpha value is -0.570. The highest BCUT2D eigenvalue weighted by Gasteiger charge is 2.25. The van der Waals surface area contributed by atoms with E-state index in [9.17, 15) is 9.90 Å². The summed E-state index contributed by atoms with van der Waals surface area (Å²) >= 11 is 0. The van der Waals surface area contributed by atoms with Crippen LogP contribution in [0, 0.1) is 5.92 Å². The van der Waals surface area contributed by atoms with E-state index in [1.807, 2.05) is 0 Å². The van der Waals surface area contributed by atoms with E-state index in [0.717, 1.165) is 25.7 Å².